The molecule has 0 spiro atoms. The predicted octanol–water partition coefficient (Wildman–Crippen LogP) is 3.71. The summed E-state index contributed by atoms with van der Waals surface area (Å²) in [5.74, 6) is -4.16. The van der Waals surface area contributed by atoms with Crippen LogP contribution in [0.4, 0.5) is 0 Å². The molecule has 6 nitrogen and oxygen atoms in total. The van der Waals surface area contributed by atoms with Gasteiger partial charge < -0.3 is 14.8 Å². The molecule has 1 aliphatic rings. The van der Waals surface area contributed by atoms with Gasteiger partial charge in [0.2, 0.25) is 5.91 Å². The average Bonchev–Trinajstić information content (AvgIpc) is 2.74. The van der Waals surface area contributed by atoms with E-state index in [1.54, 1.807) is 62.4 Å². The highest BCUT2D eigenvalue weighted by Gasteiger charge is 2.47. The first-order valence-electron chi connectivity index (χ1n) is 9.68. The normalized spacial score (nSPS) is 18.6. The van der Waals surface area contributed by atoms with Gasteiger partial charge in [-0.3, -0.25) is 9.59 Å². The number of ether oxygens (including phenoxy) is 2. The van der Waals surface area contributed by atoms with Crippen molar-refractivity contribution in [3.05, 3.63) is 76.3 Å². The minimum atomic E-state index is -1.28. The molecule has 30 heavy (non-hydrogen) atoms. The third kappa shape index (κ3) is 4.24. The van der Waals surface area contributed by atoms with Crippen LogP contribution in [0.5, 0.6) is 0 Å². The lowest BCUT2D eigenvalue weighted by Gasteiger charge is -2.33. The zero-order valence-corrected chi connectivity index (χ0v) is 17.4. The van der Waals surface area contributed by atoms with Crippen molar-refractivity contribution in [2.45, 2.75) is 19.8 Å². The summed E-state index contributed by atoms with van der Waals surface area (Å²) in [7, 11) is 0. The van der Waals surface area contributed by atoms with E-state index in [0.717, 1.165) is 0 Å². The fraction of sp³-hybridized carbons (Fsp3) is 0.261. The van der Waals surface area contributed by atoms with E-state index in [9.17, 15) is 14.4 Å². The minimum Gasteiger partial charge on any atom is -0.465 e. The topological polar surface area (TPSA) is 81.7 Å². The Hall–Kier alpha value is -3.12. The summed E-state index contributed by atoms with van der Waals surface area (Å²) in [6, 6.07) is 15.8. The quantitative estimate of drug-likeness (QED) is 0.561. The Morgan fingerprint density at radius 1 is 0.967 bits per heavy atom. The van der Waals surface area contributed by atoms with Crippen LogP contribution in [0.3, 0.4) is 0 Å². The predicted molar refractivity (Wildman–Crippen MR) is 112 cm³/mol. The van der Waals surface area contributed by atoms with Gasteiger partial charge in [-0.1, -0.05) is 60.1 Å². The molecule has 156 valence electrons. The molecule has 0 radical (unpaired) electrons. The molecular formula is C23H22ClNO5. The molecule has 0 fully saturated rings. The second-order valence-electron chi connectivity index (χ2n) is 6.59. The lowest BCUT2D eigenvalue weighted by atomic mass is 9.75. The highest BCUT2D eigenvalue weighted by Crippen LogP contribution is 2.43. The molecule has 2 aromatic carbocycles. The van der Waals surface area contributed by atoms with Crippen molar-refractivity contribution in [1.29, 1.82) is 0 Å². The van der Waals surface area contributed by atoms with Gasteiger partial charge >= 0.3 is 11.9 Å². The molecule has 3 rings (SSSR count). The molecule has 1 amide bonds. The van der Waals surface area contributed by atoms with Crippen LogP contribution in [0.15, 0.2) is 60.2 Å². The van der Waals surface area contributed by atoms with E-state index in [4.69, 9.17) is 21.1 Å². The van der Waals surface area contributed by atoms with Crippen LogP contribution in [-0.2, 0) is 23.9 Å². The van der Waals surface area contributed by atoms with E-state index in [1.165, 1.54) is 0 Å². The van der Waals surface area contributed by atoms with Gasteiger partial charge in [0.1, 0.15) is 5.92 Å². The first-order valence-corrected chi connectivity index (χ1v) is 10.1. The Bertz CT molecular complexity index is 986. The minimum absolute atomic E-state index is 0.0991. The summed E-state index contributed by atoms with van der Waals surface area (Å²) in [5.41, 5.74) is 1.55. The number of carbonyl (C=O) groups is 3. The molecule has 0 saturated heterocycles. The van der Waals surface area contributed by atoms with Crippen LogP contribution in [0.1, 0.15) is 30.9 Å². The molecule has 1 heterocycles. The zero-order chi connectivity index (χ0) is 21.7. The molecule has 0 aromatic heterocycles. The fourth-order valence-electron chi connectivity index (χ4n) is 3.55. The highest BCUT2D eigenvalue weighted by atomic mass is 35.5. The zero-order valence-electron chi connectivity index (χ0n) is 16.7. The summed E-state index contributed by atoms with van der Waals surface area (Å²) in [6.07, 6.45) is 0. The van der Waals surface area contributed by atoms with Gasteiger partial charge in [-0.15, -0.1) is 0 Å². The number of hydrogen-bond acceptors (Lipinski definition) is 5. The van der Waals surface area contributed by atoms with Crippen LogP contribution >= 0.6 is 11.6 Å². The number of esters is 2. The summed E-state index contributed by atoms with van der Waals surface area (Å²) >= 11 is 6.43. The summed E-state index contributed by atoms with van der Waals surface area (Å²) < 4.78 is 10.5. The molecule has 0 aliphatic carbocycles. The third-order valence-corrected chi connectivity index (χ3v) is 5.13. The number of rotatable bonds is 6. The van der Waals surface area contributed by atoms with Gasteiger partial charge in [-0.05, 0) is 31.0 Å². The Morgan fingerprint density at radius 2 is 1.60 bits per heavy atom. The average molecular weight is 428 g/mol. The number of nitrogens with one attached hydrogen (secondary N) is 1. The van der Waals surface area contributed by atoms with Crippen molar-refractivity contribution in [3.63, 3.8) is 0 Å². The van der Waals surface area contributed by atoms with E-state index in [0.29, 0.717) is 21.8 Å². The van der Waals surface area contributed by atoms with Crippen molar-refractivity contribution in [2.75, 3.05) is 13.2 Å². The highest BCUT2D eigenvalue weighted by molar-refractivity contribution is 6.31. The Morgan fingerprint density at radius 3 is 2.23 bits per heavy atom. The monoisotopic (exact) mass is 427 g/mol. The van der Waals surface area contributed by atoms with Crippen molar-refractivity contribution in [1.82, 2.24) is 5.32 Å². The lowest BCUT2D eigenvalue weighted by Crippen LogP contribution is -2.46. The third-order valence-electron chi connectivity index (χ3n) is 4.78. The van der Waals surface area contributed by atoms with Crippen LogP contribution in [0.2, 0.25) is 5.02 Å². The van der Waals surface area contributed by atoms with Gasteiger partial charge in [0.05, 0.1) is 24.5 Å². The molecule has 2 aromatic rings. The number of amides is 1. The van der Waals surface area contributed by atoms with Crippen LogP contribution in [0, 0.1) is 5.92 Å². The second-order valence-corrected chi connectivity index (χ2v) is 7.00. The van der Waals surface area contributed by atoms with Gasteiger partial charge in [0.15, 0.2) is 0 Å². The second kappa shape index (κ2) is 9.59. The van der Waals surface area contributed by atoms with E-state index < -0.39 is 29.7 Å². The van der Waals surface area contributed by atoms with E-state index >= 15 is 0 Å². The smallest absolute Gasteiger partial charge is 0.336 e. The van der Waals surface area contributed by atoms with Crippen molar-refractivity contribution in [3.8, 4) is 0 Å². The number of halogens is 1. The lowest BCUT2D eigenvalue weighted by molar-refractivity contribution is -0.153. The largest absolute Gasteiger partial charge is 0.465 e. The number of hydrogen-bond donors (Lipinski definition) is 1. The summed E-state index contributed by atoms with van der Waals surface area (Å²) in [5, 5.41) is 3.06. The summed E-state index contributed by atoms with van der Waals surface area (Å²) in [6.45, 7) is 3.58. The van der Waals surface area contributed by atoms with Crippen molar-refractivity contribution < 1.29 is 23.9 Å². The molecule has 0 bridgehead atoms. The Labute approximate surface area is 179 Å². The Kier molecular flexibility index (Phi) is 6.90. The standard InChI is InChI=1S/C23H22ClNO5/c1-3-29-22(27)18-17(15-12-8-9-13-16(15)24)19(23(28)30-4-2)21(26)25-20(18)14-10-6-5-7-11-14/h5-13,17,19H,3-4H2,1-2H3,(H,25,26)/t17-,19+/m1/s1. The van der Waals surface area contributed by atoms with E-state index in [2.05, 4.69) is 5.32 Å². The molecule has 7 heteroatoms. The molecule has 1 aliphatic heterocycles. The van der Waals surface area contributed by atoms with Crippen molar-refractivity contribution in [2.24, 2.45) is 5.92 Å². The Balaban J connectivity index is 2.30. The van der Waals surface area contributed by atoms with Gasteiger partial charge in [-0.25, -0.2) is 4.79 Å². The molecule has 0 unspecified atom stereocenters. The molecule has 1 N–H and O–H groups in total. The maximum Gasteiger partial charge on any atom is 0.336 e. The van der Waals surface area contributed by atoms with Crippen molar-refractivity contribution >= 4 is 35.1 Å². The van der Waals surface area contributed by atoms with Gasteiger partial charge in [0.25, 0.3) is 0 Å². The van der Waals surface area contributed by atoms with Crippen LogP contribution in [0.25, 0.3) is 5.70 Å². The molecular weight excluding hydrogens is 406 g/mol. The maximum atomic E-state index is 13.1. The van der Waals surface area contributed by atoms with Crippen LogP contribution < -0.4 is 5.32 Å². The first kappa shape index (κ1) is 21.6. The maximum absolute atomic E-state index is 13.1. The van der Waals surface area contributed by atoms with E-state index in [-0.39, 0.29) is 18.8 Å². The van der Waals surface area contributed by atoms with Crippen LogP contribution in [-0.4, -0.2) is 31.1 Å². The number of benzene rings is 2. The summed E-state index contributed by atoms with van der Waals surface area (Å²) in [4.78, 5) is 38.9. The SMILES string of the molecule is CCOC(=O)C1=C(c2ccccc2)NC(=O)[C@@H](C(=O)OCC)[C@@H]1c1ccccc1Cl. The number of carbonyl (C=O) groups excluding carboxylic acids is 3. The fourth-order valence-corrected chi connectivity index (χ4v) is 3.80. The van der Waals surface area contributed by atoms with Gasteiger partial charge in [0, 0.05) is 10.9 Å². The molecule has 2 atom stereocenters. The first-order chi connectivity index (χ1) is 14.5. The molecule has 0 saturated carbocycles. The van der Waals surface area contributed by atoms with Gasteiger partial charge in [-0.2, -0.15) is 0 Å². The van der Waals surface area contributed by atoms with E-state index in [1.807, 2.05) is 6.07 Å².